The van der Waals surface area contributed by atoms with Crippen molar-refractivity contribution >= 4 is 0 Å². The van der Waals surface area contributed by atoms with Gasteiger partial charge in [0.2, 0.25) is 0 Å². The molecule has 2 rings (SSSR count). The molecule has 2 heteroatoms. The van der Waals surface area contributed by atoms with Crippen LogP contribution in [0.15, 0.2) is 0 Å². The van der Waals surface area contributed by atoms with Gasteiger partial charge in [-0.15, -0.1) is 0 Å². The van der Waals surface area contributed by atoms with E-state index in [0.29, 0.717) is 6.04 Å². The fourth-order valence-electron chi connectivity index (χ4n) is 4.28. The van der Waals surface area contributed by atoms with Gasteiger partial charge < -0.3 is 5.73 Å². The molecule has 0 bridgehead atoms. The molecule has 0 amide bonds. The van der Waals surface area contributed by atoms with Crippen LogP contribution >= 0.6 is 0 Å². The molecular formula is C16H32N2. The largest absolute Gasteiger partial charge is 0.329 e. The molecule has 0 aromatic heterocycles. The molecule has 2 nitrogen and oxygen atoms in total. The van der Waals surface area contributed by atoms with Crippen LogP contribution in [0.4, 0.5) is 0 Å². The van der Waals surface area contributed by atoms with Crippen molar-refractivity contribution in [3.8, 4) is 0 Å². The Morgan fingerprint density at radius 1 is 1.11 bits per heavy atom. The van der Waals surface area contributed by atoms with E-state index in [9.17, 15) is 0 Å². The smallest absolute Gasteiger partial charge is 0.0224 e. The summed E-state index contributed by atoms with van der Waals surface area (Å²) in [7, 11) is 0. The van der Waals surface area contributed by atoms with Gasteiger partial charge in [0, 0.05) is 24.7 Å². The van der Waals surface area contributed by atoms with Crippen LogP contribution in [0.25, 0.3) is 0 Å². The summed E-state index contributed by atoms with van der Waals surface area (Å²) in [4.78, 5) is 2.80. The fourth-order valence-corrected chi connectivity index (χ4v) is 4.28. The molecular weight excluding hydrogens is 220 g/mol. The summed E-state index contributed by atoms with van der Waals surface area (Å²) >= 11 is 0. The van der Waals surface area contributed by atoms with Crippen LogP contribution in [-0.4, -0.2) is 29.6 Å². The highest BCUT2D eigenvalue weighted by Gasteiger charge is 2.35. The maximum Gasteiger partial charge on any atom is 0.0224 e. The van der Waals surface area contributed by atoms with Gasteiger partial charge in [-0.1, -0.05) is 33.1 Å². The number of nitrogens with zero attached hydrogens (tertiary/aromatic N) is 1. The Balaban J connectivity index is 2.03. The molecule has 0 aromatic rings. The topological polar surface area (TPSA) is 29.3 Å². The molecule has 1 heterocycles. The second-order valence-electron chi connectivity index (χ2n) is 6.94. The van der Waals surface area contributed by atoms with E-state index in [-0.39, 0.29) is 0 Å². The van der Waals surface area contributed by atoms with Gasteiger partial charge in [-0.05, 0) is 44.4 Å². The van der Waals surface area contributed by atoms with Gasteiger partial charge >= 0.3 is 0 Å². The Morgan fingerprint density at radius 3 is 2.50 bits per heavy atom. The molecule has 106 valence electrons. The molecule has 0 aromatic carbocycles. The van der Waals surface area contributed by atoms with Gasteiger partial charge in [-0.25, -0.2) is 0 Å². The third kappa shape index (κ3) is 3.08. The molecule has 2 aliphatic rings. The summed E-state index contributed by atoms with van der Waals surface area (Å²) in [5, 5.41) is 0. The van der Waals surface area contributed by atoms with E-state index >= 15 is 0 Å². The lowest BCUT2D eigenvalue weighted by Crippen LogP contribution is -2.55. The number of piperidine rings is 1. The van der Waals surface area contributed by atoms with Crippen LogP contribution in [0.5, 0.6) is 0 Å². The Bertz CT molecular complexity index is 251. The molecule has 4 atom stereocenters. The summed E-state index contributed by atoms with van der Waals surface area (Å²) in [6, 6.07) is 2.22. The highest BCUT2D eigenvalue weighted by atomic mass is 15.2. The second kappa shape index (κ2) is 6.38. The quantitative estimate of drug-likeness (QED) is 0.834. The first kappa shape index (κ1) is 14.3. The fraction of sp³-hybridized carbons (Fsp3) is 1.00. The van der Waals surface area contributed by atoms with E-state index in [0.717, 1.165) is 30.5 Å². The van der Waals surface area contributed by atoms with E-state index in [1.807, 2.05) is 0 Å². The highest BCUT2D eigenvalue weighted by molar-refractivity contribution is 4.91. The minimum atomic E-state index is 0.657. The van der Waals surface area contributed by atoms with Gasteiger partial charge in [-0.2, -0.15) is 0 Å². The molecule has 1 saturated heterocycles. The summed E-state index contributed by atoms with van der Waals surface area (Å²) in [6.45, 7) is 8.06. The van der Waals surface area contributed by atoms with Crippen molar-refractivity contribution in [2.45, 2.75) is 83.8 Å². The van der Waals surface area contributed by atoms with Gasteiger partial charge in [0.15, 0.2) is 0 Å². The predicted molar refractivity (Wildman–Crippen MR) is 78.6 cm³/mol. The zero-order valence-electron chi connectivity index (χ0n) is 12.6. The molecule has 2 fully saturated rings. The van der Waals surface area contributed by atoms with Crippen LogP contribution in [-0.2, 0) is 0 Å². The SMILES string of the molecule is CC(C)C1CCCC(N2C(C)CCCC2CN)C1. The molecule has 4 unspecified atom stereocenters. The summed E-state index contributed by atoms with van der Waals surface area (Å²) in [5.74, 6) is 1.79. The van der Waals surface area contributed by atoms with Crippen molar-refractivity contribution in [1.29, 1.82) is 0 Å². The number of hydrogen-bond acceptors (Lipinski definition) is 2. The van der Waals surface area contributed by atoms with Crippen molar-refractivity contribution in [3.05, 3.63) is 0 Å². The van der Waals surface area contributed by atoms with E-state index in [4.69, 9.17) is 5.73 Å². The van der Waals surface area contributed by atoms with Gasteiger partial charge in [0.1, 0.15) is 0 Å². The minimum Gasteiger partial charge on any atom is -0.329 e. The third-order valence-electron chi connectivity index (χ3n) is 5.41. The Kier molecular flexibility index (Phi) is 5.08. The number of likely N-dealkylation sites (tertiary alicyclic amines) is 1. The molecule has 2 N–H and O–H groups in total. The maximum atomic E-state index is 6.02. The van der Waals surface area contributed by atoms with Crippen LogP contribution in [0.2, 0.25) is 0 Å². The van der Waals surface area contributed by atoms with Crippen LogP contribution in [0.3, 0.4) is 0 Å². The van der Waals surface area contributed by atoms with E-state index in [1.54, 1.807) is 0 Å². The first-order valence-electron chi connectivity index (χ1n) is 8.11. The standard InChI is InChI=1S/C16H32N2/c1-12(2)14-7-5-8-15(10-14)18-13(3)6-4-9-16(18)11-17/h12-16H,4-11,17H2,1-3H3. The monoisotopic (exact) mass is 252 g/mol. The molecule has 0 radical (unpaired) electrons. The molecule has 1 aliphatic carbocycles. The zero-order valence-corrected chi connectivity index (χ0v) is 12.6. The number of rotatable bonds is 3. The average molecular weight is 252 g/mol. The van der Waals surface area contributed by atoms with Crippen molar-refractivity contribution < 1.29 is 0 Å². The van der Waals surface area contributed by atoms with Crippen molar-refractivity contribution in [2.75, 3.05) is 6.54 Å². The Labute approximate surface area is 113 Å². The Hall–Kier alpha value is -0.0800. The van der Waals surface area contributed by atoms with E-state index < -0.39 is 0 Å². The van der Waals surface area contributed by atoms with Gasteiger partial charge in [0.05, 0.1) is 0 Å². The summed E-state index contributed by atoms with van der Waals surface area (Å²) in [5.41, 5.74) is 6.02. The second-order valence-corrected chi connectivity index (χ2v) is 6.94. The highest BCUT2D eigenvalue weighted by Crippen LogP contribution is 2.36. The lowest BCUT2D eigenvalue weighted by molar-refractivity contribution is 0.0166. The first-order chi connectivity index (χ1) is 8.63. The first-order valence-corrected chi connectivity index (χ1v) is 8.11. The molecule has 18 heavy (non-hydrogen) atoms. The van der Waals surface area contributed by atoms with Gasteiger partial charge in [-0.3, -0.25) is 4.90 Å². The normalized spacial score (nSPS) is 39.2. The number of nitrogens with two attached hydrogens (primary N) is 1. The zero-order chi connectivity index (χ0) is 13.1. The van der Waals surface area contributed by atoms with Crippen molar-refractivity contribution in [3.63, 3.8) is 0 Å². The Morgan fingerprint density at radius 2 is 1.83 bits per heavy atom. The maximum absolute atomic E-state index is 6.02. The molecule has 0 spiro atoms. The lowest BCUT2D eigenvalue weighted by atomic mass is 9.77. The van der Waals surface area contributed by atoms with Crippen LogP contribution in [0, 0.1) is 11.8 Å². The summed E-state index contributed by atoms with van der Waals surface area (Å²) < 4.78 is 0. The molecule has 1 aliphatic heterocycles. The predicted octanol–water partition coefficient (Wildman–Crippen LogP) is 3.40. The lowest BCUT2D eigenvalue weighted by Gasteiger charge is -2.48. The van der Waals surface area contributed by atoms with Crippen molar-refractivity contribution in [2.24, 2.45) is 17.6 Å². The third-order valence-corrected chi connectivity index (χ3v) is 5.41. The van der Waals surface area contributed by atoms with E-state index in [2.05, 4.69) is 25.7 Å². The average Bonchev–Trinajstić information content (AvgIpc) is 2.38. The van der Waals surface area contributed by atoms with Crippen LogP contribution < -0.4 is 5.73 Å². The van der Waals surface area contributed by atoms with Gasteiger partial charge in [0.25, 0.3) is 0 Å². The summed E-state index contributed by atoms with van der Waals surface area (Å²) in [6.07, 6.45) is 9.77. The van der Waals surface area contributed by atoms with E-state index in [1.165, 1.54) is 44.9 Å². The molecule has 1 saturated carbocycles. The van der Waals surface area contributed by atoms with Crippen molar-refractivity contribution in [1.82, 2.24) is 4.90 Å². The van der Waals surface area contributed by atoms with Crippen LogP contribution in [0.1, 0.15) is 65.7 Å². The number of hydrogen-bond donors (Lipinski definition) is 1. The minimum absolute atomic E-state index is 0.657.